The van der Waals surface area contributed by atoms with Crippen molar-refractivity contribution in [2.45, 2.75) is 0 Å². The Bertz CT molecular complexity index is 1180. The number of para-hydroxylation sites is 1. The van der Waals surface area contributed by atoms with Crippen LogP contribution in [0.5, 0.6) is 11.5 Å². The van der Waals surface area contributed by atoms with Crippen LogP contribution >= 0.6 is 0 Å². The van der Waals surface area contributed by atoms with E-state index in [4.69, 9.17) is 9.47 Å². The summed E-state index contributed by atoms with van der Waals surface area (Å²) in [5.74, 6) is -0.578. The zero-order valence-corrected chi connectivity index (χ0v) is 17.8. The van der Waals surface area contributed by atoms with Crippen LogP contribution in [0.1, 0.15) is 5.56 Å². The van der Waals surface area contributed by atoms with E-state index in [1.165, 1.54) is 38.5 Å². The molecule has 2 amide bonds. The zero-order valence-electron chi connectivity index (χ0n) is 17.8. The predicted molar refractivity (Wildman–Crippen MR) is 120 cm³/mol. The number of benzene rings is 3. The molecule has 4 rings (SSSR count). The molecule has 1 aliphatic rings. The Morgan fingerprint density at radius 2 is 1.41 bits per heavy atom. The summed E-state index contributed by atoms with van der Waals surface area (Å²) >= 11 is 0. The van der Waals surface area contributed by atoms with Crippen molar-refractivity contribution in [1.82, 2.24) is 0 Å². The Morgan fingerprint density at radius 1 is 0.812 bits per heavy atom. The number of nitrogens with zero attached hydrogens (tertiary/aromatic N) is 2. The quantitative estimate of drug-likeness (QED) is 0.545. The SMILES string of the molecule is COc1cc(OC)cc(N2C(=O)C(c3ccc(F)cc3)=C(N(C)c3ccccc3)C2=O)c1. The highest BCUT2D eigenvalue weighted by atomic mass is 19.1. The van der Waals surface area contributed by atoms with Crippen LogP contribution in [0.3, 0.4) is 0 Å². The van der Waals surface area contributed by atoms with Crippen molar-refractivity contribution in [3.05, 3.63) is 89.9 Å². The lowest BCUT2D eigenvalue weighted by Gasteiger charge is -2.22. The van der Waals surface area contributed by atoms with Crippen LogP contribution in [0.4, 0.5) is 15.8 Å². The molecule has 0 saturated heterocycles. The number of anilines is 2. The van der Waals surface area contributed by atoms with E-state index in [1.807, 2.05) is 30.3 Å². The van der Waals surface area contributed by atoms with Crippen LogP contribution in [0.15, 0.2) is 78.5 Å². The number of rotatable bonds is 6. The fraction of sp³-hybridized carbons (Fsp3) is 0.120. The van der Waals surface area contributed by atoms with Crippen molar-refractivity contribution in [1.29, 1.82) is 0 Å². The molecule has 0 unspecified atom stereocenters. The van der Waals surface area contributed by atoms with Gasteiger partial charge in [0.25, 0.3) is 11.8 Å². The van der Waals surface area contributed by atoms with Crippen LogP contribution in [0, 0.1) is 5.82 Å². The van der Waals surface area contributed by atoms with Crippen molar-refractivity contribution < 1.29 is 23.5 Å². The van der Waals surface area contributed by atoms with Gasteiger partial charge in [-0.3, -0.25) is 9.59 Å². The zero-order chi connectivity index (χ0) is 22.8. The fourth-order valence-electron chi connectivity index (χ4n) is 3.64. The first kappa shape index (κ1) is 21.1. The molecular weight excluding hydrogens is 411 g/mol. The number of halogens is 1. The molecule has 0 N–H and O–H groups in total. The summed E-state index contributed by atoms with van der Waals surface area (Å²) in [6.07, 6.45) is 0. The van der Waals surface area contributed by atoms with Crippen LogP contribution < -0.4 is 19.3 Å². The molecular formula is C25H21FN2O4. The molecule has 0 aromatic heterocycles. The summed E-state index contributed by atoms with van der Waals surface area (Å²) in [4.78, 5) is 30.0. The molecule has 0 saturated carbocycles. The van der Waals surface area contributed by atoms with Crippen molar-refractivity contribution in [3.8, 4) is 11.5 Å². The second-order valence-electron chi connectivity index (χ2n) is 7.14. The van der Waals surface area contributed by atoms with Gasteiger partial charge in [-0.1, -0.05) is 30.3 Å². The van der Waals surface area contributed by atoms with E-state index in [0.717, 1.165) is 10.6 Å². The predicted octanol–water partition coefficient (Wildman–Crippen LogP) is 4.26. The minimum absolute atomic E-state index is 0.183. The summed E-state index contributed by atoms with van der Waals surface area (Å²) in [6.45, 7) is 0. The van der Waals surface area contributed by atoms with Gasteiger partial charge in [0.05, 0.1) is 25.5 Å². The summed E-state index contributed by atoms with van der Waals surface area (Å²) in [5, 5.41) is 0. The number of carbonyl (C=O) groups excluding carboxylic acids is 2. The maximum absolute atomic E-state index is 13.6. The number of hydrogen-bond donors (Lipinski definition) is 0. The number of ether oxygens (including phenoxy) is 2. The number of likely N-dealkylation sites (N-methyl/N-ethyl adjacent to an activating group) is 1. The van der Waals surface area contributed by atoms with E-state index in [-0.39, 0.29) is 11.3 Å². The van der Waals surface area contributed by atoms with Crippen LogP contribution in [-0.2, 0) is 9.59 Å². The highest BCUT2D eigenvalue weighted by molar-refractivity contribution is 6.46. The van der Waals surface area contributed by atoms with Gasteiger partial charge in [-0.15, -0.1) is 0 Å². The summed E-state index contributed by atoms with van der Waals surface area (Å²) in [6, 6.07) is 19.6. The standard InChI is InChI=1S/C25H21FN2O4/c1-27(18-7-5-4-6-8-18)23-22(16-9-11-17(26)12-10-16)24(29)28(25(23)30)19-13-20(31-2)15-21(14-19)32-3/h4-15H,1-3H3. The molecule has 1 aliphatic heterocycles. The first-order valence-corrected chi connectivity index (χ1v) is 9.85. The molecule has 162 valence electrons. The molecule has 3 aromatic carbocycles. The molecule has 0 fully saturated rings. The summed E-state index contributed by atoms with van der Waals surface area (Å²) in [5.41, 5.74) is 1.86. The Kier molecular flexibility index (Phi) is 5.64. The van der Waals surface area contributed by atoms with Crippen molar-refractivity contribution in [3.63, 3.8) is 0 Å². The summed E-state index contributed by atoms with van der Waals surface area (Å²) < 4.78 is 24.2. The number of carbonyl (C=O) groups is 2. The molecule has 1 heterocycles. The normalized spacial score (nSPS) is 13.6. The second kappa shape index (κ2) is 8.55. The summed E-state index contributed by atoms with van der Waals surface area (Å²) in [7, 11) is 4.70. The van der Waals surface area contributed by atoms with Gasteiger partial charge in [0.1, 0.15) is 23.0 Å². The topological polar surface area (TPSA) is 59.1 Å². The molecule has 3 aromatic rings. The van der Waals surface area contributed by atoms with Crippen molar-refractivity contribution >= 4 is 28.8 Å². The Balaban J connectivity index is 1.88. The number of methoxy groups -OCH3 is 2. The van der Waals surface area contributed by atoms with Crippen LogP contribution in [0.25, 0.3) is 5.57 Å². The third-order valence-electron chi connectivity index (χ3n) is 5.27. The van der Waals surface area contributed by atoms with Crippen LogP contribution in [-0.4, -0.2) is 33.1 Å². The fourth-order valence-corrected chi connectivity index (χ4v) is 3.64. The highest BCUT2D eigenvalue weighted by Gasteiger charge is 2.42. The molecule has 0 atom stereocenters. The van der Waals surface area contributed by atoms with E-state index in [2.05, 4.69) is 0 Å². The molecule has 0 aliphatic carbocycles. The lowest BCUT2D eigenvalue weighted by Crippen LogP contribution is -2.34. The van der Waals surface area contributed by atoms with Gasteiger partial charge in [-0.2, -0.15) is 0 Å². The number of amides is 2. The van der Waals surface area contributed by atoms with E-state index in [0.29, 0.717) is 22.7 Å². The Hall–Kier alpha value is -4.13. The molecule has 7 heteroatoms. The van der Waals surface area contributed by atoms with Gasteiger partial charge in [-0.05, 0) is 29.8 Å². The Morgan fingerprint density at radius 3 is 1.97 bits per heavy atom. The van der Waals surface area contributed by atoms with Crippen molar-refractivity contribution in [2.75, 3.05) is 31.1 Å². The Labute approximate surface area is 185 Å². The number of imide groups is 1. The maximum atomic E-state index is 13.6. The smallest absolute Gasteiger partial charge is 0.282 e. The highest BCUT2D eigenvalue weighted by Crippen LogP contribution is 2.38. The van der Waals surface area contributed by atoms with Gasteiger partial charge < -0.3 is 14.4 Å². The average Bonchev–Trinajstić information content (AvgIpc) is 3.09. The second-order valence-corrected chi connectivity index (χ2v) is 7.14. The molecule has 32 heavy (non-hydrogen) atoms. The van der Waals surface area contributed by atoms with E-state index in [1.54, 1.807) is 30.1 Å². The average molecular weight is 432 g/mol. The van der Waals surface area contributed by atoms with E-state index < -0.39 is 17.6 Å². The van der Waals surface area contributed by atoms with Gasteiger partial charge in [0.2, 0.25) is 0 Å². The van der Waals surface area contributed by atoms with Gasteiger partial charge in [0.15, 0.2) is 0 Å². The molecule has 0 spiro atoms. The lowest BCUT2D eigenvalue weighted by molar-refractivity contribution is -0.120. The number of hydrogen-bond acceptors (Lipinski definition) is 5. The van der Waals surface area contributed by atoms with E-state index >= 15 is 0 Å². The van der Waals surface area contributed by atoms with E-state index in [9.17, 15) is 14.0 Å². The van der Waals surface area contributed by atoms with Gasteiger partial charge >= 0.3 is 0 Å². The first-order chi connectivity index (χ1) is 15.4. The van der Waals surface area contributed by atoms with Crippen LogP contribution in [0.2, 0.25) is 0 Å². The molecule has 6 nitrogen and oxygen atoms in total. The minimum Gasteiger partial charge on any atom is -0.497 e. The lowest BCUT2D eigenvalue weighted by atomic mass is 10.0. The third kappa shape index (κ3) is 3.69. The molecule has 0 bridgehead atoms. The van der Waals surface area contributed by atoms with Gasteiger partial charge in [0, 0.05) is 30.9 Å². The molecule has 0 radical (unpaired) electrons. The largest absolute Gasteiger partial charge is 0.497 e. The van der Waals surface area contributed by atoms with Gasteiger partial charge in [-0.25, -0.2) is 9.29 Å². The maximum Gasteiger partial charge on any atom is 0.282 e. The minimum atomic E-state index is -0.519. The monoisotopic (exact) mass is 432 g/mol. The van der Waals surface area contributed by atoms with Crippen molar-refractivity contribution in [2.24, 2.45) is 0 Å². The third-order valence-corrected chi connectivity index (χ3v) is 5.27. The first-order valence-electron chi connectivity index (χ1n) is 9.85.